The highest BCUT2D eigenvalue weighted by Gasteiger charge is 2.38. The van der Waals surface area contributed by atoms with Gasteiger partial charge in [-0.3, -0.25) is 0 Å². The normalized spacial score (nSPS) is 25.3. The van der Waals surface area contributed by atoms with Crippen molar-refractivity contribution in [3.05, 3.63) is 23.8 Å². The van der Waals surface area contributed by atoms with Gasteiger partial charge < -0.3 is 24.6 Å². The fourth-order valence-electron chi connectivity index (χ4n) is 4.46. The SMILES string of the molecule is C[C@H](O)C#Cc1ccc2c(c1)O[C@H](CN(C)CC1CCOCC1)[C@H](C)CN([C@@H](C)CO)S2(=O)=O. The first-order valence-corrected chi connectivity index (χ1v) is 13.4. The van der Waals surface area contributed by atoms with Gasteiger partial charge in [-0.05, 0) is 57.9 Å². The smallest absolute Gasteiger partial charge is 0.247 e. The van der Waals surface area contributed by atoms with Crippen molar-refractivity contribution in [1.29, 1.82) is 0 Å². The summed E-state index contributed by atoms with van der Waals surface area (Å²) in [4.78, 5) is 2.32. The van der Waals surface area contributed by atoms with Crippen LogP contribution in [0.4, 0.5) is 0 Å². The molecular formula is C25H38N2O6S. The number of aliphatic hydroxyl groups excluding tert-OH is 2. The van der Waals surface area contributed by atoms with Gasteiger partial charge in [-0.2, -0.15) is 4.31 Å². The number of hydrogen-bond donors (Lipinski definition) is 2. The van der Waals surface area contributed by atoms with E-state index >= 15 is 0 Å². The molecule has 0 amide bonds. The molecule has 2 N–H and O–H groups in total. The maximum Gasteiger partial charge on any atom is 0.247 e. The second-order valence-corrected chi connectivity index (χ2v) is 11.5. The first kappa shape index (κ1) is 26.9. The number of nitrogens with zero attached hydrogens (tertiary/aromatic N) is 2. The van der Waals surface area contributed by atoms with Crippen LogP contribution in [0, 0.1) is 23.7 Å². The molecule has 0 unspecified atom stereocenters. The first-order chi connectivity index (χ1) is 16.1. The molecule has 34 heavy (non-hydrogen) atoms. The third-order valence-electron chi connectivity index (χ3n) is 6.49. The van der Waals surface area contributed by atoms with Gasteiger partial charge in [-0.25, -0.2) is 8.42 Å². The van der Waals surface area contributed by atoms with Crippen molar-refractivity contribution >= 4 is 10.0 Å². The zero-order chi connectivity index (χ0) is 24.9. The van der Waals surface area contributed by atoms with Gasteiger partial charge >= 0.3 is 0 Å². The summed E-state index contributed by atoms with van der Waals surface area (Å²) >= 11 is 0. The Morgan fingerprint density at radius 1 is 1.24 bits per heavy atom. The molecule has 0 saturated carbocycles. The van der Waals surface area contributed by atoms with Crippen molar-refractivity contribution in [2.24, 2.45) is 11.8 Å². The molecule has 0 bridgehead atoms. The summed E-state index contributed by atoms with van der Waals surface area (Å²) in [7, 11) is -1.82. The lowest BCUT2D eigenvalue weighted by Gasteiger charge is -2.38. The van der Waals surface area contributed by atoms with Crippen LogP contribution in [0.25, 0.3) is 0 Å². The highest BCUT2D eigenvalue weighted by Crippen LogP contribution is 2.34. The van der Waals surface area contributed by atoms with E-state index < -0.39 is 22.2 Å². The van der Waals surface area contributed by atoms with Crippen molar-refractivity contribution in [3.8, 4) is 17.6 Å². The van der Waals surface area contributed by atoms with Crippen molar-refractivity contribution < 1.29 is 28.1 Å². The van der Waals surface area contributed by atoms with Crippen LogP contribution in [0.5, 0.6) is 5.75 Å². The molecular weight excluding hydrogens is 456 g/mol. The molecule has 4 atom stereocenters. The van der Waals surface area contributed by atoms with E-state index in [0.29, 0.717) is 18.0 Å². The van der Waals surface area contributed by atoms with E-state index in [0.717, 1.165) is 32.6 Å². The minimum absolute atomic E-state index is 0.0689. The summed E-state index contributed by atoms with van der Waals surface area (Å²) in [6, 6.07) is 4.20. The molecule has 0 radical (unpaired) electrons. The minimum Gasteiger partial charge on any atom is -0.487 e. The van der Waals surface area contributed by atoms with Gasteiger partial charge in [0.25, 0.3) is 0 Å². The molecule has 190 valence electrons. The van der Waals surface area contributed by atoms with E-state index in [-0.39, 0.29) is 35.8 Å². The van der Waals surface area contributed by atoms with Crippen LogP contribution in [-0.2, 0) is 14.8 Å². The Balaban J connectivity index is 1.94. The molecule has 1 aromatic rings. The largest absolute Gasteiger partial charge is 0.487 e. The zero-order valence-electron chi connectivity index (χ0n) is 20.6. The fraction of sp³-hybridized carbons (Fsp3) is 0.680. The molecule has 1 saturated heterocycles. The average molecular weight is 495 g/mol. The fourth-order valence-corrected chi connectivity index (χ4v) is 6.29. The summed E-state index contributed by atoms with van der Waals surface area (Å²) in [5.74, 6) is 6.28. The molecule has 2 aliphatic heterocycles. The standard InChI is InChI=1S/C25H38N2O6S/c1-18-14-27(19(2)17-28)34(30,31)25-8-7-21(6-5-20(3)29)13-23(25)33-24(18)16-26(4)15-22-9-11-32-12-10-22/h7-8,13,18-20,22,24,28-29H,9-12,14-17H2,1-4H3/t18-,19+,20+,24-/m1/s1. The Bertz CT molecular complexity index is 981. The van der Waals surface area contributed by atoms with E-state index in [2.05, 4.69) is 23.8 Å². The van der Waals surface area contributed by atoms with E-state index in [4.69, 9.17) is 9.47 Å². The van der Waals surface area contributed by atoms with Crippen LogP contribution >= 0.6 is 0 Å². The summed E-state index contributed by atoms with van der Waals surface area (Å²) in [6.45, 7) is 8.41. The van der Waals surface area contributed by atoms with Crippen molar-refractivity contribution in [1.82, 2.24) is 9.21 Å². The maximum atomic E-state index is 13.5. The molecule has 3 rings (SSSR count). The lowest BCUT2D eigenvalue weighted by molar-refractivity contribution is 0.0402. The predicted octanol–water partition coefficient (Wildman–Crippen LogP) is 1.55. The average Bonchev–Trinajstić information content (AvgIpc) is 2.80. The number of fused-ring (bicyclic) bond motifs is 1. The summed E-state index contributed by atoms with van der Waals surface area (Å²) in [6.07, 6.45) is 1.03. The number of ether oxygens (including phenoxy) is 2. The third-order valence-corrected chi connectivity index (χ3v) is 8.51. The molecule has 0 spiro atoms. The lowest BCUT2D eigenvalue weighted by Crippen LogP contribution is -2.50. The quantitative estimate of drug-likeness (QED) is 0.579. The number of sulfonamides is 1. The van der Waals surface area contributed by atoms with Crippen molar-refractivity contribution in [2.45, 2.75) is 56.8 Å². The lowest BCUT2D eigenvalue weighted by atomic mass is 9.98. The number of benzene rings is 1. The highest BCUT2D eigenvalue weighted by molar-refractivity contribution is 7.89. The molecule has 2 heterocycles. The van der Waals surface area contributed by atoms with E-state index in [1.165, 1.54) is 10.4 Å². The Morgan fingerprint density at radius 2 is 1.94 bits per heavy atom. The number of rotatable bonds is 6. The van der Waals surface area contributed by atoms with Gasteiger partial charge in [0, 0.05) is 50.4 Å². The van der Waals surface area contributed by atoms with Crippen LogP contribution < -0.4 is 4.74 Å². The van der Waals surface area contributed by atoms with Crippen LogP contribution in [-0.4, -0.2) is 92.6 Å². The Kier molecular flexibility index (Phi) is 9.38. The predicted molar refractivity (Wildman–Crippen MR) is 130 cm³/mol. The van der Waals surface area contributed by atoms with Crippen molar-refractivity contribution in [2.75, 3.05) is 46.5 Å². The summed E-state index contributed by atoms with van der Waals surface area (Å²) in [5, 5.41) is 19.3. The van der Waals surface area contributed by atoms with Crippen LogP contribution in [0.1, 0.15) is 39.2 Å². The Labute approximate surface area is 203 Å². The summed E-state index contributed by atoms with van der Waals surface area (Å²) < 4.78 is 40.3. The maximum absolute atomic E-state index is 13.5. The first-order valence-electron chi connectivity index (χ1n) is 12.0. The molecule has 1 aromatic carbocycles. The van der Waals surface area contributed by atoms with Crippen molar-refractivity contribution in [3.63, 3.8) is 0 Å². The van der Waals surface area contributed by atoms with Crippen LogP contribution in [0.3, 0.4) is 0 Å². The summed E-state index contributed by atoms with van der Waals surface area (Å²) in [5.41, 5.74) is 0.569. The second kappa shape index (κ2) is 11.8. The van der Waals surface area contributed by atoms with Crippen LogP contribution in [0.15, 0.2) is 23.1 Å². The molecule has 2 aliphatic rings. The molecule has 0 aliphatic carbocycles. The van der Waals surface area contributed by atoms with E-state index in [9.17, 15) is 18.6 Å². The van der Waals surface area contributed by atoms with Gasteiger partial charge in [0.1, 0.15) is 22.9 Å². The molecule has 0 aromatic heterocycles. The molecule has 9 heteroatoms. The van der Waals surface area contributed by atoms with Gasteiger partial charge in [0.05, 0.1) is 6.61 Å². The van der Waals surface area contributed by atoms with Gasteiger partial charge in [0.15, 0.2) is 0 Å². The highest BCUT2D eigenvalue weighted by atomic mass is 32.2. The Hall–Kier alpha value is -1.67. The van der Waals surface area contributed by atoms with E-state index in [1.54, 1.807) is 26.0 Å². The van der Waals surface area contributed by atoms with E-state index in [1.807, 2.05) is 6.92 Å². The second-order valence-electron chi connectivity index (χ2n) is 9.62. The topological polar surface area (TPSA) is 99.5 Å². The minimum atomic E-state index is -3.89. The van der Waals surface area contributed by atoms with Gasteiger partial charge in [-0.15, -0.1) is 0 Å². The van der Waals surface area contributed by atoms with Gasteiger partial charge in [-0.1, -0.05) is 18.8 Å². The molecule has 1 fully saturated rings. The van der Waals surface area contributed by atoms with Gasteiger partial charge in [0.2, 0.25) is 10.0 Å². The Morgan fingerprint density at radius 3 is 2.59 bits per heavy atom. The number of likely N-dealkylation sites (N-methyl/N-ethyl adjacent to an activating group) is 1. The van der Waals surface area contributed by atoms with Crippen LogP contribution in [0.2, 0.25) is 0 Å². The monoisotopic (exact) mass is 494 g/mol. The zero-order valence-corrected chi connectivity index (χ0v) is 21.4. The third kappa shape index (κ3) is 6.72. The number of aliphatic hydroxyl groups is 2. The number of hydrogen-bond acceptors (Lipinski definition) is 7. The molecule has 8 nitrogen and oxygen atoms in total.